The quantitative estimate of drug-likeness (QED) is 0.674. The van der Waals surface area contributed by atoms with E-state index >= 15 is 0 Å². The van der Waals surface area contributed by atoms with Crippen LogP contribution in [0.5, 0.6) is 0 Å². The van der Waals surface area contributed by atoms with Gasteiger partial charge in [-0.15, -0.1) is 0 Å². The second kappa shape index (κ2) is 3.62. The lowest BCUT2D eigenvalue weighted by Gasteiger charge is -2.44. The molecule has 1 heteroatoms. The summed E-state index contributed by atoms with van der Waals surface area (Å²) in [5.74, 6) is 6.81. The Labute approximate surface area is 112 Å². The van der Waals surface area contributed by atoms with E-state index in [9.17, 15) is 0 Å². The third-order valence-electron chi connectivity index (χ3n) is 6.41. The number of nitrogens with zero attached hydrogens (tertiary/aromatic N) is 1. The number of hydrogen-bond donors (Lipinski definition) is 0. The topological polar surface area (TPSA) is 3.24 Å². The van der Waals surface area contributed by atoms with Crippen LogP contribution >= 0.6 is 0 Å². The maximum Gasteiger partial charge on any atom is 0.0158 e. The van der Waals surface area contributed by atoms with E-state index in [1.54, 1.807) is 6.42 Å². The van der Waals surface area contributed by atoms with Gasteiger partial charge in [0.1, 0.15) is 0 Å². The Morgan fingerprint density at radius 3 is 2.28 bits per heavy atom. The van der Waals surface area contributed by atoms with E-state index in [4.69, 9.17) is 0 Å². The van der Waals surface area contributed by atoms with Gasteiger partial charge in [-0.05, 0) is 61.7 Å². The van der Waals surface area contributed by atoms with E-state index in [-0.39, 0.29) is 0 Å². The highest BCUT2D eigenvalue weighted by Gasteiger charge is 2.63. The Morgan fingerprint density at radius 1 is 0.944 bits per heavy atom. The Balaban J connectivity index is 1.71. The number of hydrogen-bond acceptors (Lipinski definition) is 1. The van der Waals surface area contributed by atoms with Gasteiger partial charge in [-0.2, -0.15) is 0 Å². The van der Waals surface area contributed by atoms with Gasteiger partial charge in [0.15, 0.2) is 0 Å². The van der Waals surface area contributed by atoms with Crippen molar-refractivity contribution in [2.75, 3.05) is 6.54 Å². The van der Waals surface area contributed by atoms with Crippen LogP contribution < -0.4 is 0 Å². The van der Waals surface area contributed by atoms with Gasteiger partial charge in [-0.1, -0.05) is 26.0 Å². The lowest BCUT2D eigenvalue weighted by atomic mass is 9.61. The number of rotatable bonds is 2. The summed E-state index contributed by atoms with van der Waals surface area (Å²) < 4.78 is 0. The average Bonchev–Trinajstić information content (AvgIpc) is 3.02. The van der Waals surface area contributed by atoms with Gasteiger partial charge < -0.3 is 0 Å². The Morgan fingerprint density at radius 2 is 1.61 bits per heavy atom. The largest absolute Gasteiger partial charge is 0.297 e. The van der Waals surface area contributed by atoms with Gasteiger partial charge in [0.2, 0.25) is 0 Å². The third kappa shape index (κ3) is 1.32. The molecule has 0 radical (unpaired) electrons. The molecule has 0 aromatic rings. The molecule has 0 amide bonds. The Hall–Kier alpha value is -0.300. The fourth-order valence-electron chi connectivity index (χ4n) is 5.77. The van der Waals surface area contributed by atoms with Gasteiger partial charge in [0.05, 0.1) is 0 Å². The molecule has 2 bridgehead atoms. The Kier molecular flexibility index (Phi) is 2.32. The van der Waals surface area contributed by atoms with Crippen LogP contribution in [0.1, 0.15) is 34.1 Å². The summed E-state index contributed by atoms with van der Waals surface area (Å²) in [6.45, 7) is 11.0. The molecule has 1 nitrogen and oxygen atoms in total. The molecule has 1 aliphatic heterocycles. The van der Waals surface area contributed by atoms with Crippen LogP contribution in [0.2, 0.25) is 0 Å². The van der Waals surface area contributed by atoms with Crippen molar-refractivity contribution in [1.29, 1.82) is 0 Å². The van der Waals surface area contributed by atoms with E-state index in [0.29, 0.717) is 0 Å². The van der Waals surface area contributed by atoms with E-state index < -0.39 is 0 Å². The van der Waals surface area contributed by atoms with Gasteiger partial charge in [0.25, 0.3) is 0 Å². The van der Waals surface area contributed by atoms with Gasteiger partial charge >= 0.3 is 0 Å². The molecule has 1 heterocycles. The highest BCUT2D eigenvalue weighted by atomic mass is 15.2. The van der Waals surface area contributed by atoms with Crippen molar-refractivity contribution in [2.24, 2.45) is 41.4 Å². The average molecular weight is 245 g/mol. The minimum absolute atomic E-state index is 0.721. The van der Waals surface area contributed by atoms with E-state index in [1.165, 1.54) is 6.54 Å². The molecular formula is C17H27N. The molecule has 100 valence electrons. The molecule has 3 fully saturated rings. The zero-order valence-electron chi connectivity index (χ0n) is 12.2. The van der Waals surface area contributed by atoms with E-state index in [1.807, 2.05) is 0 Å². The number of allylic oxidation sites excluding steroid dienone is 2. The highest BCUT2D eigenvalue weighted by molar-refractivity contribution is 5.24. The van der Waals surface area contributed by atoms with E-state index in [0.717, 1.165) is 53.5 Å². The van der Waals surface area contributed by atoms with Crippen LogP contribution in [0.25, 0.3) is 0 Å². The first-order valence-corrected chi connectivity index (χ1v) is 8.03. The zero-order chi connectivity index (χ0) is 12.6. The maximum absolute atomic E-state index is 2.83. The third-order valence-corrected chi connectivity index (χ3v) is 6.41. The first kappa shape index (κ1) is 11.5. The van der Waals surface area contributed by atoms with Crippen molar-refractivity contribution < 1.29 is 0 Å². The molecule has 2 saturated carbocycles. The van der Waals surface area contributed by atoms with Crippen LogP contribution in [0.4, 0.5) is 0 Å². The van der Waals surface area contributed by atoms with Crippen molar-refractivity contribution in [1.82, 2.24) is 4.90 Å². The summed E-state index contributed by atoms with van der Waals surface area (Å²) >= 11 is 0. The fraction of sp³-hybridized carbons (Fsp3) is 0.882. The predicted octanol–water partition coefficient (Wildman–Crippen LogP) is 3.42. The molecule has 5 rings (SSSR count). The highest BCUT2D eigenvalue weighted by Crippen LogP contribution is 2.66. The molecule has 7 unspecified atom stereocenters. The SMILES string of the molecule is CC(C)C1C2C3C=CC(C4CC34)C2CN1C(C)C. The molecule has 0 N–H and O–H groups in total. The maximum atomic E-state index is 2.83. The van der Waals surface area contributed by atoms with Crippen LogP contribution in [-0.4, -0.2) is 23.5 Å². The molecule has 4 aliphatic carbocycles. The lowest BCUT2D eigenvalue weighted by molar-refractivity contribution is 0.0935. The van der Waals surface area contributed by atoms with E-state index in [2.05, 4.69) is 44.7 Å². The molecule has 1 saturated heterocycles. The van der Waals surface area contributed by atoms with Crippen LogP contribution in [-0.2, 0) is 0 Å². The summed E-state index contributed by atoms with van der Waals surface area (Å²) in [4.78, 5) is 2.83. The van der Waals surface area contributed by atoms with Crippen molar-refractivity contribution in [3.8, 4) is 0 Å². The van der Waals surface area contributed by atoms with Crippen LogP contribution in [0, 0.1) is 41.4 Å². The molecule has 7 atom stereocenters. The van der Waals surface area contributed by atoms with Crippen LogP contribution in [0.3, 0.4) is 0 Å². The first-order valence-electron chi connectivity index (χ1n) is 8.03. The summed E-state index contributed by atoms with van der Waals surface area (Å²) in [7, 11) is 0. The first-order chi connectivity index (χ1) is 8.59. The molecule has 0 spiro atoms. The predicted molar refractivity (Wildman–Crippen MR) is 75.2 cm³/mol. The summed E-state index contributed by atoms with van der Waals surface area (Å²) in [5.41, 5.74) is 0. The van der Waals surface area contributed by atoms with Gasteiger partial charge in [-0.25, -0.2) is 0 Å². The molecule has 18 heavy (non-hydrogen) atoms. The molecular weight excluding hydrogens is 218 g/mol. The van der Waals surface area contributed by atoms with Crippen LogP contribution in [0.15, 0.2) is 12.2 Å². The van der Waals surface area contributed by atoms with Crippen molar-refractivity contribution in [3.63, 3.8) is 0 Å². The zero-order valence-corrected chi connectivity index (χ0v) is 12.2. The normalized spacial score (nSPS) is 53.1. The molecule has 0 aromatic heterocycles. The monoisotopic (exact) mass is 245 g/mol. The minimum atomic E-state index is 0.721. The smallest absolute Gasteiger partial charge is 0.0158 e. The Bertz CT molecular complexity index is 383. The molecule has 0 aromatic carbocycles. The van der Waals surface area contributed by atoms with Crippen molar-refractivity contribution in [2.45, 2.75) is 46.2 Å². The fourth-order valence-corrected chi connectivity index (χ4v) is 5.77. The summed E-state index contributed by atoms with van der Waals surface area (Å²) in [6, 6.07) is 1.56. The molecule has 5 aliphatic rings. The lowest BCUT2D eigenvalue weighted by Crippen LogP contribution is -2.45. The summed E-state index contributed by atoms with van der Waals surface area (Å²) in [6.07, 6.45) is 6.75. The summed E-state index contributed by atoms with van der Waals surface area (Å²) in [5, 5.41) is 0. The van der Waals surface area contributed by atoms with Crippen molar-refractivity contribution >= 4 is 0 Å². The minimum Gasteiger partial charge on any atom is -0.297 e. The standard InChI is InChI=1S/C17H27N/c1-9(2)17-16-12-6-5-11(13-7-14(12)13)15(16)8-18(17)10(3)4/h5-6,9-17H,7-8H2,1-4H3. The number of likely N-dealkylation sites (tertiary alicyclic amines) is 1. The second-order valence-corrected chi connectivity index (χ2v) is 7.87. The van der Waals surface area contributed by atoms with Gasteiger partial charge in [0, 0.05) is 18.6 Å². The second-order valence-electron chi connectivity index (χ2n) is 7.87. The van der Waals surface area contributed by atoms with Gasteiger partial charge in [-0.3, -0.25) is 4.90 Å². The van der Waals surface area contributed by atoms with Crippen molar-refractivity contribution in [3.05, 3.63) is 12.2 Å².